The summed E-state index contributed by atoms with van der Waals surface area (Å²) in [7, 11) is 0. The van der Waals surface area contributed by atoms with Gasteiger partial charge in [-0.2, -0.15) is 0 Å². The molecule has 0 bridgehead atoms. The minimum atomic E-state index is -0.982. The second-order valence-corrected chi connectivity index (χ2v) is 7.93. The molecule has 0 aliphatic carbocycles. The fourth-order valence-corrected chi connectivity index (χ4v) is 4.08. The first kappa shape index (κ1) is 19.8. The third kappa shape index (κ3) is 3.56. The number of thioether (sulfide) groups is 1. The largest absolute Gasteiger partial charge is 0.481 e. The molecule has 2 aromatic heterocycles. The summed E-state index contributed by atoms with van der Waals surface area (Å²) < 4.78 is 6.08. The Kier molecular flexibility index (Phi) is 4.83. The summed E-state index contributed by atoms with van der Waals surface area (Å²) in [6.45, 7) is 0. The lowest BCUT2D eigenvalue weighted by atomic mass is 9.99. The summed E-state index contributed by atoms with van der Waals surface area (Å²) in [5.74, 6) is -0.854. The highest BCUT2D eigenvalue weighted by Crippen LogP contribution is 2.38. The van der Waals surface area contributed by atoms with Crippen LogP contribution in [0.2, 0.25) is 0 Å². The minimum Gasteiger partial charge on any atom is -0.481 e. The molecule has 0 fully saturated rings. The van der Waals surface area contributed by atoms with Crippen LogP contribution in [0.5, 0.6) is 0 Å². The molecule has 0 amide bonds. The highest BCUT2D eigenvalue weighted by atomic mass is 32.2. The first-order chi connectivity index (χ1) is 15.5. The molecular formula is C22H14N4O5S. The van der Waals surface area contributed by atoms with Gasteiger partial charge in [-0.25, -0.2) is 0 Å². The predicted octanol–water partition coefficient (Wildman–Crippen LogP) is 5.12. The minimum absolute atomic E-state index is 0.109. The quantitative estimate of drug-likeness (QED) is 0.208. The number of H-pyrrole nitrogens is 1. The van der Waals surface area contributed by atoms with E-state index in [4.69, 9.17) is 9.52 Å². The zero-order chi connectivity index (χ0) is 22.2. The molecule has 9 nitrogen and oxygen atoms in total. The summed E-state index contributed by atoms with van der Waals surface area (Å²) in [4.78, 5) is 24.8. The number of aromatic nitrogens is 3. The van der Waals surface area contributed by atoms with E-state index in [0.29, 0.717) is 33.3 Å². The Balaban J connectivity index is 1.65. The molecule has 158 valence electrons. The molecular weight excluding hydrogens is 432 g/mol. The summed E-state index contributed by atoms with van der Waals surface area (Å²) >= 11 is 0.982. The molecule has 3 aromatic carbocycles. The van der Waals surface area contributed by atoms with E-state index in [0.717, 1.165) is 28.1 Å². The highest BCUT2D eigenvalue weighted by molar-refractivity contribution is 7.99. The number of aromatic amines is 1. The molecule has 5 rings (SSSR count). The number of para-hydroxylation sites is 2. The van der Waals surface area contributed by atoms with Gasteiger partial charge in [0, 0.05) is 34.0 Å². The van der Waals surface area contributed by atoms with Crippen LogP contribution in [0, 0.1) is 10.1 Å². The average Bonchev–Trinajstić information content (AvgIpc) is 3.42. The number of nitrogens with one attached hydrogen (secondary N) is 1. The second kappa shape index (κ2) is 7.82. The van der Waals surface area contributed by atoms with Gasteiger partial charge in [-0.05, 0) is 17.7 Å². The Morgan fingerprint density at radius 2 is 1.84 bits per heavy atom. The van der Waals surface area contributed by atoms with Crippen LogP contribution in [-0.2, 0) is 4.79 Å². The topological polar surface area (TPSA) is 135 Å². The monoisotopic (exact) mass is 446 g/mol. The Morgan fingerprint density at radius 1 is 1.06 bits per heavy atom. The van der Waals surface area contributed by atoms with Crippen molar-refractivity contribution in [3.63, 3.8) is 0 Å². The number of rotatable bonds is 6. The fraction of sp³-hybridized carbons (Fsp3) is 0.0455. The third-order valence-corrected chi connectivity index (χ3v) is 5.76. The van der Waals surface area contributed by atoms with Crippen molar-refractivity contribution in [1.29, 1.82) is 0 Å². The molecule has 2 N–H and O–H groups in total. The Labute approximate surface area is 184 Å². The van der Waals surface area contributed by atoms with Gasteiger partial charge in [-0.15, -0.1) is 10.2 Å². The first-order valence-corrected chi connectivity index (χ1v) is 10.5. The van der Waals surface area contributed by atoms with Crippen LogP contribution in [0.15, 0.2) is 70.2 Å². The number of nitro groups is 1. The van der Waals surface area contributed by atoms with Crippen LogP contribution in [0.4, 0.5) is 5.69 Å². The summed E-state index contributed by atoms with van der Waals surface area (Å²) in [6, 6.07) is 18.0. The highest BCUT2D eigenvalue weighted by Gasteiger charge is 2.18. The standard InChI is InChI=1S/C22H14N4O5S/c27-19(28)11-32-22-23-21(24-25-22)13-8-12(9-14(10-13)26(29)30)15-5-3-6-17-16-4-1-2-7-18(16)31-20(15)17/h1-10H,11H2,(H,27,28)(H,23,24,25). The van der Waals surface area contributed by atoms with Gasteiger partial charge in [-0.1, -0.05) is 48.2 Å². The van der Waals surface area contributed by atoms with Crippen molar-refractivity contribution < 1.29 is 19.2 Å². The third-order valence-electron chi connectivity index (χ3n) is 4.92. The number of fused-ring (bicyclic) bond motifs is 3. The van der Waals surface area contributed by atoms with Gasteiger partial charge in [0.05, 0.1) is 10.7 Å². The van der Waals surface area contributed by atoms with Crippen molar-refractivity contribution in [2.24, 2.45) is 0 Å². The van der Waals surface area contributed by atoms with E-state index in [9.17, 15) is 14.9 Å². The number of nitro benzene ring substituents is 1. The lowest BCUT2D eigenvalue weighted by molar-refractivity contribution is -0.384. The number of nitrogens with zero attached hydrogens (tertiary/aromatic N) is 3. The molecule has 0 atom stereocenters. The summed E-state index contributed by atoms with van der Waals surface area (Å²) in [5.41, 5.74) is 3.02. The SMILES string of the molecule is O=C(O)CSc1nnc(-c2cc(-c3cccc4c3oc3ccccc34)cc([N+](=O)[O-])c2)[nH]1. The van der Waals surface area contributed by atoms with E-state index >= 15 is 0 Å². The first-order valence-electron chi connectivity index (χ1n) is 9.47. The van der Waals surface area contributed by atoms with Crippen LogP contribution in [0.1, 0.15) is 0 Å². The second-order valence-electron chi connectivity index (χ2n) is 6.97. The molecule has 0 aliphatic rings. The maximum Gasteiger partial charge on any atom is 0.313 e. The molecule has 0 saturated carbocycles. The van der Waals surface area contributed by atoms with E-state index in [-0.39, 0.29) is 11.4 Å². The van der Waals surface area contributed by atoms with E-state index in [1.165, 1.54) is 12.1 Å². The predicted molar refractivity (Wildman–Crippen MR) is 120 cm³/mol. The molecule has 5 aromatic rings. The van der Waals surface area contributed by atoms with Crippen LogP contribution in [0.25, 0.3) is 44.5 Å². The molecule has 0 spiro atoms. The normalized spacial score (nSPS) is 11.2. The maximum absolute atomic E-state index is 11.6. The van der Waals surface area contributed by atoms with Crippen LogP contribution < -0.4 is 0 Å². The number of furan rings is 1. The van der Waals surface area contributed by atoms with Gasteiger partial charge in [0.25, 0.3) is 5.69 Å². The Hall–Kier alpha value is -4.18. The van der Waals surface area contributed by atoms with Gasteiger partial charge < -0.3 is 14.5 Å². The Morgan fingerprint density at radius 3 is 2.66 bits per heavy atom. The molecule has 10 heteroatoms. The zero-order valence-corrected chi connectivity index (χ0v) is 17.1. The number of non-ortho nitro benzene ring substituents is 1. The smallest absolute Gasteiger partial charge is 0.313 e. The molecule has 0 saturated heterocycles. The average molecular weight is 446 g/mol. The number of carbonyl (C=O) groups is 1. The molecule has 0 aliphatic heterocycles. The number of aliphatic carboxylic acids is 1. The van der Waals surface area contributed by atoms with E-state index in [2.05, 4.69) is 15.2 Å². The van der Waals surface area contributed by atoms with Crippen molar-refractivity contribution in [2.75, 3.05) is 5.75 Å². The van der Waals surface area contributed by atoms with Crippen molar-refractivity contribution >= 4 is 45.4 Å². The van der Waals surface area contributed by atoms with Gasteiger partial charge in [-0.3, -0.25) is 14.9 Å². The van der Waals surface area contributed by atoms with Crippen LogP contribution in [-0.4, -0.2) is 36.9 Å². The lowest BCUT2D eigenvalue weighted by Crippen LogP contribution is -1.97. The van der Waals surface area contributed by atoms with Gasteiger partial charge in [0.1, 0.15) is 11.2 Å². The molecule has 32 heavy (non-hydrogen) atoms. The number of benzene rings is 3. The van der Waals surface area contributed by atoms with Crippen molar-refractivity contribution in [3.05, 3.63) is 70.8 Å². The molecule has 2 heterocycles. The number of hydrogen-bond acceptors (Lipinski definition) is 7. The molecule has 0 radical (unpaired) electrons. The van der Waals surface area contributed by atoms with Gasteiger partial charge >= 0.3 is 5.97 Å². The van der Waals surface area contributed by atoms with Gasteiger partial charge in [0.15, 0.2) is 11.0 Å². The van der Waals surface area contributed by atoms with Crippen molar-refractivity contribution in [2.45, 2.75) is 5.16 Å². The summed E-state index contributed by atoms with van der Waals surface area (Å²) in [6.07, 6.45) is 0. The van der Waals surface area contributed by atoms with E-state index in [1.807, 2.05) is 42.5 Å². The van der Waals surface area contributed by atoms with Gasteiger partial charge in [0.2, 0.25) is 0 Å². The number of carboxylic acid groups (broad SMARTS) is 1. The fourth-order valence-electron chi connectivity index (χ4n) is 3.55. The summed E-state index contributed by atoms with van der Waals surface area (Å²) in [5, 5.41) is 30.6. The maximum atomic E-state index is 11.6. The number of carboxylic acids is 1. The zero-order valence-electron chi connectivity index (χ0n) is 16.3. The van der Waals surface area contributed by atoms with Crippen molar-refractivity contribution in [1.82, 2.24) is 15.2 Å². The molecule has 0 unspecified atom stereocenters. The Bertz CT molecular complexity index is 1510. The van der Waals surface area contributed by atoms with Crippen LogP contribution in [0.3, 0.4) is 0 Å². The van der Waals surface area contributed by atoms with Crippen LogP contribution >= 0.6 is 11.8 Å². The number of hydrogen-bond donors (Lipinski definition) is 2. The van der Waals surface area contributed by atoms with Crippen molar-refractivity contribution in [3.8, 4) is 22.5 Å². The van der Waals surface area contributed by atoms with E-state index < -0.39 is 10.9 Å². The lowest BCUT2D eigenvalue weighted by Gasteiger charge is -2.06. The van der Waals surface area contributed by atoms with E-state index in [1.54, 1.807) is 6.07 Å².